The molecule has 0 saturated carbocycles. The first-order chi connectivity index (χ1) is 16.7. The van der Waals surface area contributed by atoms with E-state index in [-0.39, 0.29) is 5.56 Å². The lowest BCUT2D eigenvalue weighted by molar-refractivity contribution is -0.158. The number of aryl methyl sites for hydroxylation is 1. The fourth-order valence-corrected chi connectivity index (χ4v) is 3.66. The molecule has 0 aliphatic carbocycles. The van der Waals surface area contributed by atoms with E-state index in [1.54, 1.807) is 44.5 Å². The number of rotatable bonds is 14. The second-order valence-corrected chi connectivity index (χ2v) is 8.68. The van der Waals surface area contributed by atoms with Gasteiger partial charge in [0.05, 0.1) is 12.3 Å². The molecule has 192 valence electrons. The Balaban J connectivity index is 2.01. The van der Waals surface area contributed by atoms with Crippen LogP contribution in [0.4, 0.5) is 11.4 Å². The van der Waals surface area contributed by atoms with Crippen molar-refractivity contribution in [2.75, 3.05) is 30.8 Å². The van der Waals surface area contributed by atoms with Crippen LogP contribution in [0.5, 0.6) is 5.75 Å². The van der Waals surface area contributed by atoms with Crippen molar-refractivity contribution in [2.24, 2.45) is 0 Å². The highest BCUT2D eigenvalue weighted by Crippen LogP contribution is 2.22. The second kappa shape index (κ2) is 12.9. The summed E-state index contributed by atoms with van der Waals surface area (Å²) in [7, 11) is 1.69. The molecule has 0 aliphatic heterocycles. The molecule has 0 aliphatic rings. The molecule has 9 nitrogen and oxygen atoms in total. The third-order valence-electron chi connectivity index (χ3n) is 5.48. The van der Waals surface area contributed by atoms with Gasteiger partial charge in [-0.25, -0.2) is 9.78 Å². The Morgan fingerprint density at radius 3 is 2.43 bits per heavy atom. The number of nitrogens with zero attached hydrogens (tertiary/aromatic N) is 2. The topological polar surface area (TPSA) is 118 Å². The molecular weight excluding hydrogens is 446 g/mol. The number of benzene rings is 1. The molecule has 0 amide bonds. The Kier molecular flexibility index (Phi) is 10.3. The molecule has 0 fully saturated rings. The molecule has 3 N–H and O–H groups in total. The van der Waals surface area contributed by atoms with Crippen molar-refractivity contribution in [2.45, 2.75) is 72.4 Å². The number of aromatic nitrogens is 2. The Labute approximate surface area is 207 Å². The third-order valence-corrected chi connectivity index (χ3v) is 5.48. The van der Waals surface area contributed by atoms with E-state index in [1.165, 1.54) is 0 Å². The minimum absolute atomic E-state index is 0.138. The van der Waals surface area contributed by atoms with E-state index >= 15 is 0 Å². The van der Waals surface area contributed by atoms with Crippen molar-refractivity contribution < 1.29 is 14.3 Å². The van der Waals surface area contributed by atoms with E-state index in [4.69, 9.17) is 14.9 Å². The van der Waals surface area contributed by atoms with Gasteiger partial charge in [0.2, 0.25) is 0 Å². The van der Waals surface area contributed by atoms with Gasteiger partial charge in [0.25, 0.3) is 5.56 Å². The molecule has 0 radical (unpaired) electrons. The van der Waals surface area contributed by atoms with Gasteiger partial charge in [0.15, 0.2) is 5.60 Å². The molecular formula is C26H39N5O4. The molecule has 2 aromatic rings. The molecule has 0 spiro atoms. The smallest absolute Gasteiger partial charge is 0.349 e. The number of anilines is 2. The monoisotopic (exact) mass is 485 g/mol. The van der Waals surface area contributed by atoms with E-state index in [9.17, 15) is 9.59 Å². The van der Waals surface area contributed by atoms with Gasteiger partial charge in [-0.2, -0.15) is 0 Å². The maximum Gasteiger partial charge on any atom is 0.349 e. The molecule has 0 atom stereocenters. The predicted molar refractivity (Wildman–Crippen MR) is 140 cm³/mol. The molecule has 2 rings (SSSR count). The Bertz CT molecular complexity index is 1060. The lowest BCUT2D eigenvalue weighted by atomic mass is 10.1. The average Bonchev–Trinajstić information content (AvgIpc) is 2.83. The highest BCUT2D eigenvalue weighted by Gasteiger charge is 2.31. The van der Waals surface area contributed by atoms with Gasteiger partial charge in [-0.1, -0.05) is 20.3 Å². The molecule has 0 saturated heterocycles. The number of carbonyl (C=O) groups is 1. The van der Waals surface area contributed by atoms with E-state index in [2.05, 4.69) is 15.6 Å². The maximum atomic E-state index is 13.1. The standard InChI is InChI=1S/C26H39N5O4/c1-7-11-20(27)22-23(28-6)24(32)31(21(8-2)30-22)17-10-16-29-18-12-14-19(15-13-18)35-26(4,5)25(33)34-9-3/h12-15,27-29H,7-11,16-17H2,1-6H3. The SMILES string of the molecule is CCCC(=N)c1nc(CC)n(CCCNc2ccc(OC(C)(C)C(=O)OCC)cc2)c(=O)c1NC. The molecule has 35 heavy (non-hydrogen) atoms. The van der Waals surface area contributed by atoms with Gasteiger partial charge in [0, 0.05) is 32.2 Å². The van der Waals surface area contributed by atoms with Crippen LogP contribution in [-0.4, -0.2) is 47.0 Å². The van der Waals surface area contributed by atoms with Crippen LogP contribution in [0.15, 0.2) is 29.1 Å². The Morgan fingerprint density at radius 1 is 1.17 bits per heavy atom. The van der Waals surface area contributed by atoms with Crippen molar-refractivity contribution in [1.82, 2.24) is 9.55 Å². The summed E-state index contributed by atoms with van der Waals surface area (Å²) in [6.45, 7) is 10.6. The summed E-state index contributed by atoms with van der Waals surface area (Å²) in [5, 5.41) is 14.6. The summed E-state index contributed by atoms with van der Waals surface area (Å²) < 4.78 is 12.5. The first kappa shape index (κ1) is 27.9. The highest BCUT2D eigenvalue weighted by atomic mass is 16.6. The first-order valence-corrected chi connectivity index (χ1v) is 12.3. The number of carbonyl (C=O) groups excluding carboxylic acids is 1. The molecule has 0 unspecified atom stereocenters. The van der Waals surface area contributed by atoms with Crippen LogP contribution in [0.2, 0.25) is 0 Å². The lowest BCUT2D eigenvalue weighted by Gasteiger charge is -2.24. The van der Waals surface area contributed by atoms with Crippen LogP contribution in [-0.2, 0) is 22.5 Å². The zero-order valence-corrected chi connectivity index (χ0v) is 21.8. The predicted octanol–water partition coefficient (Wildman–Crippen LogP) is 4.24. The fourth-order valence-electron chi connectivity index (χ4n) is 3.66. The zero-order valence-electron chi connectivity index (χ0n) is 21.8. The Morgan fingerprint density at radius 2 is 1.86 bits per heavy atom. The van der Waals surface area contributed by atoms with Crippen LogP contribution >= 0.6 is 0 Å². The largest absolute Gasteiger partial charge is 0.476 e. The van der Waals surface area contributed by atoms with Crippen molar-refractivity contribution >= 4 is 23.1 Å². The summed E-state index contributed by atoms with van der Waals surface area (Å²) in [6.07, 6.45) is 2.75. The average molecular weight is 486 g/mol. The van der Waals surface area contributed by atoms with Gasteiger partial charge in [0.1, 0.15) is 23.0 Å². The minimum Gasteiger partial charge on any atom is -0.476 e. The zero-order chi connectivity index (χ0) is 26.0. The van der Waals surface area contributed by atoms with E-state index < -0.39 is 11.6 Å². The quantitative estimate of drug-likeness (QED) is 0.208. The van der Waals surface area contributed by atoms with Crippen molar-refractivity contribution in [3.05, 3.63) is 46.1 Å². The molecule has 1 heterocycles. The van der Waals surface area contributed by atoms with Gasteiger partial charge in [-0.15, -0.1) is 0 Å². The minimum atomic E-state index is -1.07. The summed E-state index contributed by atoms with van der Waals surface area (Å²) in [5.74, 6) is 0.859. The van der Waals surface area contributed by atoms with Gasteiger partial charge < -0.3 is 25.5 Å². The normalized spacial score (nSPS) is 11.1. The summed E-state index contributed by atoms with van der Waals surface area (Å²) in [5.41, 5.74) is 0.928. The van der Waals surface area contributed by atoms with Crippen LogP contribution in [0, 0.1) is 5.41 Å². The summed E-state index contributed by atoms with van der Waals surface area (Å²) in [6, 6.07) is 7.37. The molecule has 9 heteroatoms. The molecule has 1 aromatic carbocycles. The van der Waals surface area contributed by atoms with Gasteiger partial charge in [-0.05, 0) is 57.9 Å². The number of hydrogen-bond donors (Lipinski definition) is 3. The van der Waals surface area contributed by atoms with Gasteiger partial charge in [-0.3, -0.25) is 9.36 Å². The van der Waals surface area contributed by atoms with Crippen LogP contribution in [0.3, 0.4) is 0 Å². The number of hydrogen-bond acceptors (Lipinski definition) is 8. The fraction of sp³-hybridized carbons (Fsp3) is 0.538. The van der Waals surface area contributed by atoms with Crippen LogP contribution < -0.4 is 20.9 Å². The molecule has 1 aromatic heterocycles. The van der Waals surface area contributed by atoms with E-state index in [1.807, 2.05) is 26.0 Å². The summed E-state index contributed by atoms with van der Waals surface area (Å²) in [4.78, 5) is 29.8. The first-order valence-electron chi connectivity index (χ1n) is 12.3. The van der Waals surface area contributed by atoms with Crippen molar-refractivity contribution in [3.8, 4) is 5.75 Å². The van der Waals surface area contributed by atoms with E-state index in [0.29, 0.717) is 61.2 Å². The van der Waals surface area contributed by atoms with E-state index in [0.717, 1.165) is 18.5 Å². The van der Waals surface area contributed by atoms with Crippen LogP contribution in [0.25, 0.3) is 0 Å². The van der Waals surface area contributed by atoms with Gasteiger partial charge >= 0.3 is 5.97 Å². The molecule has 0 bridgehead atoms. The van der Waals surface area contributed by atoms with Crippen molar-refractivity contribution in [1.29, 1.82) is 5.41 Å². The van der Waals surface area contributed by atoms with Crippen molar-refractivity contribution in [3.63, 3.8) is 0 Å². The maximum absolute atomic E-state index is 13.1. The third kappa shape index (κ3) is 7.31. The summed E-state index contributed by atoms with van der Waals surface area (Å²) >= 11 is 0. The lowest BCUT2D eigenvalue weighted by Crippen LogP contribution is -2.39. The number of esters is 1. The second-order valence-electron chi connectivity index (χ2n) is 8.68. The Hall–Kier alpha value is -3.36. The highest BCUT2D eigenvalue weighted by molar-refractivity contribution is 6.00. The van der Waals surface area contributed by atoms with Crippen LogP contribution in [0.1, 0.15) is 65.4 Å². The number of ether oxygens (including phenoxy) is 2. The number of nitrogens with one attached hydrogen (secondary N) is 3.